The van der Waals surface area contributed by atoms with Crippen molar-refractivity contribution in [2.45, 2.75) is 19.9 Å². The lowest BCUT2D eigenvalue weighted by molar-refractivity contribution is 0.0930. The van der Waals surface area contributed by atoms with Crippen LogP contribution in [0.1, 0.15) is 34.3 Å². The van der Waals surface area contributed by atoms with E-state index in [-0.39, 0.29) is 11.9 Å². The van der Waals surface area contributed by atoms with Gasteiger partial charge in [-0.25, -0.2) is 9.97 Å². The summed E-state index contributed by atoms with van der Waals surface area (Å²) in [5.74, 6) is 0.600. The summed E-state index contributed by atoms with van der Waals surface area (Å²) in [5, 5.41) is 6.02. The molecule has 0 bridgehead atoms. The van der Waals surface area contributed by atoms with Crippen LogP contribution in [-0.4, -0.2) is 25.4 Å². The fraction of sp³-hybridized carbons (Fsp3) is 0.211. The van der Waals surface area contributed by atoms with Crippen LogP contribution >= 0.6 is 11.3 Å². The van der Waals surface area contributed by atoms with E-state index in [0.717, 1.165) is 33.1 Å². The molecule has 0 aliphatic heterocycles. The molecule has 0 spiro atoms. The number of aromatic nitrogens is 4. The van der Waals surface area contributed by atoms with Crippen molar-refractivity contribution in [3.05, 3.63) is 58.4 Å². The molecule has 4 aromatic rings. The zero-order chi connectivity index (χ0) is 18.3. The van der Waals surface area contributed by atoms with E-state index in [1.165, 1.54) is 0 Å². The summed E-state index contributed by atoms with van der Waals surface area (Å²) in [5.41, 5.74) is 4.28. The normalized spacial score (nSPS) is 12.4. The van der Waals surface area contributed by atoms with Crippen molar-refractivity contribution in [1.29, 1.82) is 0 Å². The third-order valence-corrected chi connectivity index (χ3v) is 5.09. The quantitative estimate of drug-likeness (QED) is 0.577. The van der Waals surface area contributed by atoms with Crippen molar-refractivity contribution >= 4 is 28.3 Å². The van der Waals surface area contributed by atoms with Crippen LogP contribution in [0.5, 0.6) is 0 Å². The number of nitrogens with one attached hydrogen (secondary N) is 2. The van der Waals surface area contributed by atoms with Gasteiger partial charge in [0, 0.05) is 24.2 Å². The molecule has 0 saturated carbocycles. The molecule has 6 nitrogen and oxygen atoms in total. The number of carbonyl (C=O) groups is 1. The highest BCUT2D eigenvalue weighted by molar-refractivity contribution is 7.09. The highest BCUT2D eigenvalue weighted by atomic mass is 32.1. The van der Waals surface area contributed by atoms with Gasteiger partial charge >= 0.3 is 0 Å². The van der Waals surface area contributed by atoms with Crippen LogP contribution in [0.3, 0.4) is 0 Å². The highest BCUT2D eigenvalue weighted by Gasteiger charge is 2.18. The van der Waals surface area contributed by atoms with E-state index < -0.39 is 0 Å². The molecular weight excluding hydrogens is 346 g/mol. The lowest BCUT2D eigenvalue weighted by Crippen LogP contribution is -2.28. The predicted octanol–water partition coefficient (Wildman–Crippen LogP) is 3.82. The molecule has 0 saturated heterocycles. The third kappa shape index (κ3) is 3.01. The molecule has 26 heavy (non-hydrogen) atoms. The van der Waals surface area contributed by atoms with Gasteiger partial charge in [0.2, 0.25) is 0 Å². The molecule has 1 aromatic carbocycles. The monoisotopic (exact) mass is 365 g/mol. The van der Waals surface area contributed by atoms with Gasteiger partial charge in [-0.15, -0.1) is 11.3 Å². The van der Waals surface area contributed by atoms with Gasteiger partial charge in [-0.05, 0) is 32.0 Å². The first-order chi connectivity index (χ1) is 12.5. The second kappa shape index (κ2) is 6.42. The van der Waals surface area contributed by atoms with Crippen molar-refractivity contribution in [1.82, 2.24) is 24.8 Å². The first kappa shape index (κ1) is 16.5. The molecule has 132 valence electrons. The molecule has 3 aromatic heterocycles. The van der Waals surface area contributed by atoms with Crippen molar-refractivity contribution < 1.29 is 4.79 Å². The largest absolute Gasteiger partial charge is 0.346 e. The van der Waals surface area contributed by atoms with Crippen molar-refractivity contribution in [2.75, 3.05) is 0 Å². The molecule has 0 aliphatic carbocycles. The number of H-pyrrole nitrogens is 1. The maximum atomic E-state index is 12.7. The van der Waals surface area contributed by atoms with Gasteiger partial charge in [0.25, 0.3) is 5.91 Å². The standard InChI is InChI=1S/C19H19N5OS/c1-11(18-22-14-6-4-5-7-15(14)23-18)20-19(25)17-8-13(9-24(17)3)16-10-26-12(2)21-16/h4-11H,1-3H3,(H,20,25)(H,22,23). The first-order valence-electron chi connectivity index (χ1n) is 8.35. The Bertz CT molecular complexity index is 1060. The van der Waals surface area contributed by atoms with Crippen molar-refractivity contribution in [3.63, 3.8) is 0 Å². The number of hydrogen-bond acceptors (Lipinski definition) is 4. The molecular formula is C19H19N5OS. The number of nitrogens with zero attached hydrogens (tertiary/aromatic N) is 3. The number of benzene rings is 1. The minimum atomic E-state index is -0.227. The number of fused-ring (bicyclic) bond motifs is 1. The maximum Gasteiger partial charge on any atom is 0.268 e. The Morgan fingerprint density at radius 3 is 2.85 bits per heavy atom. The molecule has 1 amide bonds. The molecule has 2 N–H and O–H groups in total. The van der Waals surface area contributed by atoms with Gasteiger partial charge in [-0.3, -0.25) is 4.79 Å². The number of carbonyl (C=O) groups excluding carboxylic acids is 1. The fourth-order valence-corrected chi connectivity index (χ4v) is 3.56. The van der Waals surface area contributed by atoms with E-state index in [1.54, 1.807) is 11.3 Å². The van der Waals surface area contributed by atoms with Crippen LogP contribution in [0.4, 0.5) is 0 Å². The summed E-state index contributed by atoms with van der Waals surface area (Å²) in [4.78, 5) is 25.0. The minimum absolute atomic E-state index is 0.140. The first-order valence-corrected chi connectivity index (χ1v) is 9.23. The lowest BCUT2D eigenvalue weighted by Gasteiger charge is -2.11. The smallest absolute Gasteiger partial charge is 0.268 e. The summed E-state index contributed by atoms with van der Waals surface area (Å²) >= 11 is 1.60. The summed E-state index contributed by atoms with van der Waals surface area (Å²) in [6, 6.07) is 9.47. The Kier molecular flexibility index (Phi) is 4.08. The Morgan fingerprint density at radius 1 is 1.31 bits per heavy atom. The van der Waals surface area contributed by atoms with Crippen molar-refractivity contribution in [3.8, 4) is 11.3 Å². The van der Waals surface area contributed by atoms with E-state index in [1.807, 2.05) is 67.4 Å². The number of rotatable bonds is 4. The second-order valence-corrected chi connectivity index (χ2v) is 7.37. The van der Waals surface area contributed by atoms with Crippen LogP contribution in [0.2, 0.25) is 0 Å². The van der Waals surface area contributed by atoms with E-state index in [2.05, 4.69) is 20.3 Å². The lowest BCUT2D eigenvalue weighted by atomic mass is 10.2. The third-order valence-electron chi connectivity index (χ3n) is 4.32. The molecule has 3 heterocycles. The maximum absolute atomic E-state index is 12.7. The number of para-hydroxylation sites is 2. The van der Waals surface area contributed by atoms with Gasteiger partial charge in [0.05, 0.1) is 27.8 Å². The number of amides is 1. The van der Waals surface area contributed by atoms with Gasteiger partial charge in [0.1, 0.15) is 11.5 Å². The van der Waals surface area contributed by atoms with Crippen molar-refractivity contribution in [2.24, 2.45) is 7.05 Å². The molecule has 7 heteroatoms. The van der Waals surface area contributed by atoms with Crippen LogP contribution in [-0.2, 0) is 7.05 Å². The Hall–Kier alpha value is -2.93. The summed E-state index contributed by atoms with van der Waals surface area (Å²) in [6.07, 6.45) is 1.93. The topological polar surface area (TPSA) is 75.6 Å². The predicted molar refractivity (Wildman–Crippen MR) is 103 cm³/mol. The molecule has 1 atom stereocenters. The SMILES string of the molecule is Cc1nc(-c2cc(C(=O)NC(C)c3nc4ccccc4[nH]3)n(C)c2)cs1. The van der Waals surface area contributed by atoms with Gasteiger partial charge < -0.3 is 14.9 Å². The Balaban J connectivity index is 1.55. The molecule has 0 aliphatic rings. The number of thiazole rings is 1. The Labute approximate surface area is 154 Å². The zero-order valence-electron chi connectivity index (χ0n) is 14.8. The number of hydrogen-bond donors (Lipinski definition) is 2. The van der Waals surface area contributed by atoms with E-state index in [4.69, 9.17) is 0 Å². The number of aromatic amines is 1. The second-order valence-electron chi connectivity index (χ2n) is 6.31. The minimum Gasteiger partial charge on any atom is -0.346 e. The van der Waals surface area contributed by atoms with Crippen LogP contribution in [0.15, 0.2) is 41.9 Å². The molecule has 0 fully saturated rings. The average Bonchev–Trinajstić information content (AvgIpc) is 3.32. The Morgan fingerprint density at radius 2 is 2.12 bits per heavy atom. The van der Waals surface area contributed by atoms with Crippen LogP contribution in [0.25, 0.3) is 22.3 Å². The number of imidazole rings is 1. The average molecular weight is 365 g/mol. The molecule has 0 radical (unpaired) electrons. The van der Waals surface area contributed by atoms with E-state index in [9.17, 15) is 4.79 Å². The molecule has 1 unspecified atom stereocenters. The van der Waals surface area contributed by atoms with E-state index in [0.29, 0.717) is 5.69 Å². The van der Waals surface area contributed by atoms with Gasteiger partial charge in [-0.1, -0.05) is 12.1 Å². The van der Waals surface area contributed by atoms with E-state index >= 15 is 0 Å². The summed E-state index contributed by atoms with van der Waals surface area (Å²) in [6.45, 7) is 3.89. The number of aryl methyl sites for hydroxylation is 2. The van der Waals surface area contributed by atoms with Gasteiger partial charge in [0.15, 0.2) is 0 Å². The summed E-state index contributed by atoms with van der Waals surface area (Å²) < 4.78 is 1.82. The zero-order valence-corrected chi connectivity index (χ0v) is 15.6. The van der Waals surface area contributed by atoms with Crippen LogP contribution < -0.4 is 5.32 Å². The summed E-state index contributed by atoms with van der Waals surface area (Å²) in [7, 11) is 1.86. The van der Waals surface area contributed by atoms with Crippen LogP contribution in [0, 0.1) is 6.92 Å². The molecule has 4 rings (SSSR count). The highest BCUT2D eigenvalue weighted by Crippen LogP contribution is 2.24. The fourth-order valence-electron chi connectivity index (χ4n) is 2.94. The van der Waals surface area contributed by atoms with Gasteiger partial charge in [-0.2, -0.15) is 0 Å².